The molecule has 0 unspecified atom stereocenters. The minimum absolute atomic E-state index is 0.0545. The second-order valence-electron chi connectivity index (χ2n) is 8.25. The highest BCUT2D eigenvalue weighted by atomic mass is 19.1. The van der Waals surface area contributed by atoms with E-state index in [0.717, 1.165) is 11.6 Å². The summed E-state index contributed by atoms with van der Waals surface area (Å²) in [6.07, 6.45) is 4.65. The molecule has 1 heterocycles. The SMILES string of the molecule is C/C=C/C(=O)Nc1cc2c(Oc3ccc(NC(=O)NCCc4cccc(F)c4)cc3F)ncnc2cc1OC. The first-order valence-electron chi connectivity index (χ1n) is 11.9. The Bertz CT molecular complexity index is 1540. The van der Waals surface area contributed by atoms with Gasteiger partial charge >= 0.3 is 6.03 Å². The van der Waals surface area contributed by atoms with Gasteiger partial charge in [0.15, 0.2) is 11.6 Å². The van der Waals surface area contributed by atoms with Crippen LogP contribution in [-0.2, 0) is 11.2 Å². The van der Waals surface area contributed by atoms with Crippen molar-refractivity contribution in [1.29, 1.82) is 0 Å². The van der Waals surface area contributed by atoms with Gasteiger partial charge in [-0.25, -0.2) is 23.5 Å². The highest BCUT2D eigenvalue weighted by Crippen LogP contribution is 2.35. The molecule has 0 spiro atoms. The molecule has 0 saturated carbocycles. The molecular weight excluding hydrogens is 508 g/mol. The fraction of sp³-hybridized carbons (Fsp3) is 0.143. The average Bonchev–Trinajstić information content (AvgIpc) is 2.90. The van der Waals surface area contributed by atoms with Gasteiger partial charge in [-0.3, -0.25) is 4.79 Å². The van der Waals surface area contributed by atoms with E-state index in [1.807, 2.05) is 0 Å². The molecule has 3 N–H and O–H groups in total. The number of halogens is 2. The van der Waals surface area contributed by atoms with E-state index in [4.69, 9.17) is 9.47 Å². The van der Waals surface area contributed by atoms with Crippen molar-refractivity contribution in [3.63, 3.8) is 0 Å². The molecule has 0 atom stereocenters. The first-order valence-corrected chi connectivity index (χ1v) is 11.9. The maximum atomic E-state index is 14.9. The number of hydrogen-bond donors (Lipinski definition) is 3. The Balaban J connectivity index is 1.45. The zero-order chi connectivity index (χ0) is 27.8. The molecular formula is C28H25F2N5O4. The lowest BCUT2D eigenvalue weighted by atomic mass is 10.1. The molecule has 0 aliphatic carbocycles. The van der Waals surface area contributed by atoms with Gasteiger partial charge < -0.3 is 25.4 Å². The zero-order valence-electron chi connectivity index (χ0n) is 21.1. The minimum Gasteiger partial charge on any atom is -0.494 e. The van der Waals surface area contributed by atoms with E-state index in [9.17, 15) is 18.4 Å². The standard InChI is InChI=1S/C28H25F2N5O4/c1-3-5-26(36)35-23-14-20-22(15-25(23)38-2)32-16-33-27(20)39-24-9-8-19(13-21(24)30)34-28(37)31-11-10-17-6-4-7-18(29)12-17/h3-9,12-16H,10-11H2,1-2H3,(H,35,36)(H2,31,34,37)/b5-3+. The number of allylic oxidation sites excluding steroid dienone is 1. The molecule has 0 aliphatic rings. The molecule has 0 fully saturated rings. The van der Waals surface area contributed by atoms with Gasteiger partial charge in [0, 0.05) is 24.4 Å². The summed E-state index contributed by atoms with van der Waals surface area (Å²) < 4.78 is 39.2. The molecule has 3 aromatic carbocycles. The van der Waals surface area contributed by atoms with Crippen LogP contribution in [0.3, 0.4) is 0 Å². The summed E-state index contributed by atoms with van der Waals surface area (Å²) in [7, 11) is 1.46. The molecule has 9 nitrogen and oxygen atoms in total. The first-order chi connectivity index (χ1) is 18.9. The van der Waals surface area contributed by atoms with E-state index in [0.29, 0.717) is 28.8 Å². The first kappa shape index (κ1) is 27.0. The molecule has 4 aromatic rings. The summed E-state index contributed by atoms with van der Waals surface area (Å²) in [6, 6.07) is 12.7. The largest absolute Gasteiger partial charge is 0.494 e. The smallest absolute Gasteiger partial charge is 0.319 e. The van der Waals surface area contributed by atoms with E-state index >= 15 is 0 Å². The number of fused-ring (bicyclic) bond motifs is 1. The molecule has 3 amide bonds. The second kappa shape index (κ2) is 12.5. The Kier molecular flexibility index (Phi) is 8.62. The normalized spacial score (nSPS) is 10.9. The molecule has 11 heteroatoms. The van der Waals surface area contributed by atoms with Gasteiger partial charge in [0.1, 0.15) is 17.9 Å². The fourth-order valence-electron chi connectivity index (χ4n) is 3.69. The van der Waals surface area contributed by atoms with Crippen molar-refractivity contribution in [2.45, 2.75) is 13.3 Å². The van der Waals surface area contributed by atoms with Crippen LogP contribution in [0.25, 0.3) is 10.9 Å². The number of carbonyl (C=O) groups excluding carboxylic acids is 2. The van der Waals surface area contributed by atoms with E-state index in [1.165, 1.54) is 43.8 Å². The van der Waals surface area contributed by atoms with E-state index in [2.05, 4.69) is 25.9 Å². The van der Waals surface area contributed by atoms with Crippen molar-refractivity contribution in [2.24, 2.45) is 0 Å². The summed E-state index contributed by atoms with van der Waals surface area (Å²) in [5.74, 6) is -1.15. The van der Waals surface area contributed by atoms with Crippen LogP contribution >= 0.6 is 0 Å². The van der Waals surface area contributed by atoms with E-state index in [-0.39, 0.29) is 35.6 Å². The van der Waals surface area contributed by atoms with Gasteiger partial charge in [-0.05, 0) is 55.3 Å². The van der Waals surface area contributed by atoms with Gasteiger partial charge in [0.05, 0.1) is 23.7 Å². The maximum Gasteiger partial charge on any atom is 0.319 e. The summed E-state index contributed by atoms with van der Waals surface area (Å²) in [5.41, 5.74) is 1.76. The number of nitrogens with zero attached hydrogens (tertiary/aromatic N) is 2. The molecule has 1 aromatic heterocycles. The highest BCUT2D eigenvalue weighted by molar-refractivity contribution is 6.02. The number of nitrogens with one attached hydrogen (secondary N) is 3. The predicted molar refractivity (Wildman–Crippen MR) is 143 cm³/mol. The summed E-state index contributed by atoms with van der Waals surface area (Å²) in [5, 5.41) is 8.31. The molecule has 0 aliphatic heterocycles. The van der Waals surface area contributed by atoms with E-state index < -0.39 is 11.8 Å². The Morgan fingerprint density at radius 1 is 1.00 bits per heavy atom. The van der Waals surface area contributed by atoms with Gasteiger partial charge in [0.2, 0.25) is 11.8 Å². The van der Waals surface area contributed by atoms with Crippen LogP contribution in [0.5, 0.6) is 17.4 Å². The van der Waals surface area contributed by atoms with Gasteiger partial charge in [-0.15, -0.1) is 0 Å². The van der Waals surface area contributed by atoms with Crippen molar-refractivity contribution in [3.8, 4) is 17.4 Å². The Labute approximate surface area is 222 Å². The number of amides is 3. The third-order valence-electron chi connectivity index (χ3n) is 5.48. The Morgan fingerprint density at radius 3 is 2.59 bits per heavy atom. The number of benzene rings is 3. The molecule has 0 radical (unpaired) electrons. The Hall–Kier alpha value is -5.06. The topological polar surface area (TPSA) is 114 Å². The molecule has 200 valence electrons. The predicted octanol–water partition coefficient (Wildman–Crippen LogP) is 5.59. The lowest BCUT2D eigenvalue weighted by Gasteiger charge is -2.13. The second-order valence-corrected chi connectivity index (χ2v) is 8.25. The number of ether oxygens (including phenoxy) is 2. The number of carbonyl (C=O) groups is 2. The lowest BCUT2D eigenvalue weighted by molar-refractivity contribution is -0.111. The lowest BCUT2D eigenvalue weighted by Crippen LogP contribution is -2.30. The monoisotopic (exact) mass is 533 g/mol. The average molecular weight is 534 g/mol. The zero-order valence-corrected chi connectivity index (χ0v) is 21.1. The van der Waals surface area contributed by atoms with Crippen LogP contribution < -0.4 is 25.4 Å². The van der Waals surface area contributed by atoms with Crippen molar-refractivity contribution in [3.05, 3.63) is 90.3 Å². The summed E-state index contributed by atoms with van der Waals surface area (Å²) in [4.78, 5) is 32.6. The van der Waals surface area contributed by atoms with Crippen LogP contribution in [0.1, 0.15) is 12.5 Å². The van der Waals surface area contributed by atoms with Gasteiger partial charge in [0.25, 0.3) is 0 Å². The van der Waals surface area contributed by atoms with Crippen LogP contribution in [0.4, 0.5) is 25.0 Å². The molecule has 0 saturated heterocycles. The number of methoxy groups -OCH3 is 1. The van der Waals surface area contributed by atoms with Crippen molar-refractivity contribution in [1.82, 2.24) is 15.3 Å². The van der Waals surface area contributed by atoms with Crippen LogP contribution in [0.2, 0.25) is 0 Å². The molecule has 4 rings (SSSR count). The van der Waals surface area contributed by atoms with Crippen molar-refractivity contribution in [2.75, 3.05) is 24.3 Å². The van der Waals surface area contributed by atoms with Crippen LogP contribution in [-0.4, -0.2) is 35.6 Å². The molecule has 0 bridgehead atoms. The van der Waals surface area contributed by atoms with Crippen molar-refractivity contribution >= 4 is 34.2 Å². The number of anilines is 2. The number of hydrogen-bond acceptors (Lipinski definition) is 6. The summed E-state index contributed by atoms with van der Waals surface area (Å²) >= 11 is 0. The number of urea groups is 1. The Morgan fingerprint density at radius 2 is 1.85 bits per heavy atom. The maximum absolute atomic E-state index is 14.9. The third-order valence-corrected chi connectivity index (χ3v) is 5.48. The number of aromatic nitrogens is 2. The molecule has 39 heavy (non-hydrogen) atoms. The van der Waals surface area contributed by atoms with Crippen LogP contribution in [0, 0.1) is 11.6 Å². The third kappa shape index (κ3) is 7.04. The van der Waals surface area contributed by atoms with Crippen molar-refractivity contribution < 1.29 is 27.8 Å². The van der Waals surface area contributed by atoms with Gasteiger partial charge in [-0.2, -0.15) is 0 Å². The number of rotatable bonds is 9. The summed E-state index contributed by atoms with van der Waals surface area (Å²) in [6.45, 7) is 1.98. The van der Waals surface area contributed by atoms with E-state index in [1.54, 1.807) is 37.3 Å². The van der Waals surface area contributed by atoms with Gasteiger partial charge in [-0.1, -0.05) is 18.2 Å². The highest BCUT2D eigenvalue weighted by Gasteiger charge is 2.15. The fourth-order valence-corrected chi connectivity index (χ4v) is 3.69. The quantitative estimate of drug-likeness (QED) is 0.242. The minimum atomic E-state index is -0.741. The van der Waals surface area contributed by atoms with Crippen LogP contribution in [0.15, 0.2) is 73.1 Å².